The Balaban J connectivity index is 2.25. The molecule has 0 aliphatic heterocycles. The lowest BCUT2D eigenvalue weighted by Gasteiger charge is -2.14. The fourth-order valence-electron chi connectivity index (χ4n) is 2.19. The van der Waals surface area contributed by atoms with E-state index >= 15 is 0 Å². The van der Waals surface area contributed by atoms with E-state index in [1.54, 1.807) is 0 Å². The summed E-state index contributed by atoms with van der Waals surface area (Å²) in [6.45, 7) is 2.36. The Morgan fingerprint density at radius 1 is 1.48 bits per heavy atom. The monoisotopic (exact) mass is 312 g/mol. The van der Waals surface area contributed by atoms with Gasteiger partial charge in [0.05, 0.1) is 17.6 Å². The summed E-state index contributed by atoms with van der Waals surface area (Å²) in [7, 11) is -2.59. The van der Waals surface area contributed by atoms with Crippen molar-refractivity contribution >= 4 is 21.7 Å². The van der Waals surface area contributed by atoms with Crippen molar-refractivity contribution in [3.8, 4) is 0 Å². The van der Waals surface area contributed by atoms with Gasteiger partial charge in [0.15, 0.2) is 0 Å². The van der Waals surface area contributed by atoms with Gasteiger partial charge < -0.3 is 10.5 Å². The van der Waals surface area contributed by atoms with Crippen LogP contribution in [0.25, 0.3) is 0 Å². The standard InChI is InChI=1S/C14H20N2O4S/c1-9(10-3-4-10)8-16-21(18,19)13-7-11(15)5-6-12(13)14(17)20-2/h5-7,9-10,16H,3-4,8,15H2,1-2H3. The van der Waals surface area contributed by atoms with Gasteiger partial charge in [0.2, 0.25) is 10.0 Å². The van der Waals surface area contributed by atoms with Gasteiger partial charge in [-0.1, -0.05) is 6.92 Å². The van der Waals surface area contributed by atoms with Crippen molar-refractivity contribution < 1.29 is 17.9 Å². The van der Waals surface area contributed by atoms with Gasteiger partial charge in [-0.25, -0.2) is 17.9 Å². The molecule has 1 saturated carbocycles. The highest BCUT2D eigenvalue weighted by atomic mass is 32.2. The van der Waals surface area contributed by atoms with Crippen LogP contribution in [0.15, 0.2) is 23.1 Å². The molecule has 116 valence electrons. The maximum atomic E-state index is 12.4. The fourth-order valence-corrected chi connectivity index (χ4v) is 3.56. The molecule has 1 aromatic rings. The minimum atomic E-state index is -3.80. The van der Waals surface area contributed by atoms with Gasteiger partial charge in [0.25, 0.3) is 0 Å². The molecule has 21 heavy (non-hydrogen) atoms. The van der Waals surface area contributed by atoms with Crippen molar-refractivity contribution in [1.82, 2.24) is 4.72 Å². The second-order valence-corrected chi connectivity index (χ2v) is 7.15. The maximum Gasteiger partial charge on any atom is 0.339 e. The number of nitrogen functional groups attached to an aromatic ring is 1. The lowest BCUT2D eigenvalue weighted by atomic mass is 10.1. The van der Waals surface area contributed by atoms with E-state index in [0.717, 1.165) is 12.8 Å². The van der Waals surface area contributed by atoms with Crippen molar-refractivity contribution in [3.05, 3.63) is 23.8 Å². The summed E-state index contributed by atoms with van der Waals surface area (Å²) in [5.41, 5.74) is 5.90. The number of hydrogen-bond donors (Lipinski definition) is 2. The molecule has 0 bridgehead atoms. The third-order valence-corrected chi connectivity index (χ3v) is 5.19. The van der Waals surface area contributed by atoms with Crippen LogP contribution in [0, 0.1) is 11.8 Å². The zero-order chi connectivity index (χ0) is 15.6. The highest BCUT2D eigenvalue weighted by molar-refractivity contribution is 7.89. The highest BCUT2D eigenvalue weighted by Crippen LogP contribution is 2.36. The van der Waals surface area contributed by atoms with Crippen LogP contribution in [0.5, 0.6) is 0 Å². The van der Waals surface area contributed by atoms with Crippen LogP contribution in [-0.2, 0) is 14.8 Å². The van der Waals surface area contributed by atoms with E-state index in [1.165, 1.54) is 25.3 Å². The molecule has 1 aromatic carbocycles. The summed E-state index contributed by atoms with van der Waals surface area (Å²) >= 11 is 0. The molecule has 1 atom stereocenters. The summed E-state index contributed by atoms with van der Waals surface area (Å²) in [4.78, 5) is 11.6. The van der Waals surface area contributed by atoms with E-state index in [1.807, 2.05) is 6.92 Å². The number of carbonyl (C=O) groups excluding carboxylic acids is 1. The predicted molar refractivity (Wildman–Crippen MR) is 79.3 cm³/mol. The summed E-state index contributed by atoms with van der Waals surface area (Å²) in [6.07, 6.45) is 2.29. The molecule has 1 aliphatic rings. The average molecular weight is 312 g/mol. The topological polar surface area (TPSA) is 98.5 Å². The number of ether oxygens (including phenoxy) is 1. The summed E-state index contributed by atoms with van der Waals surface area (Å²) in [6, 6.07) is 4.11. The number of carbonyl (C=O) groups is 1. The smallest absolute Gasteiger partial charge is 0.339 e. The first kappa shape index (κ1) is 15.8. The van der Waals surface area contributed by atoms with Crippen LogP contribution >= 0.6 is 0 Å². The molecule has 3 N–H and O–H groups in total. The van der Waals surface area contributed by atoms with E-state index in [0.29, 0.717) is 12.5 Å². The molecule has 2 rings (SSSR count). The predicted octanol–water partition coefficient (Wildman–Crippen LogP) is 1.38. The molecule has 1 fully saturated rings. The largest absolute Gasteiger partial charge is 0.465 e. The van der Waals surface area contributed by atoms with E-state index in [9.17, 15) is 13.2 Å². The van der Waals surface area contributed by atoms with Crippen LogP contribution in [0.3, 0.4) is 0 Å². The van der Waals surface area contributed by atoms with E-state index < -0.39 is 16.0 Å². The van der Waals surface area contributed by atoms with Crippen LogP contribution in [-0.4, -0.2) is 28.0 Å². The Morgan fingerprint density at radius 2 is 2.14 bits per heavy atom. The Kier molecular flexibility index (Phi) is 4.53. The minimum Gasteiger partial charge on any atom is -0.465 e. The molecule has 0 heterocycles. The number of hydrogen-bond acceptors (Lipinski definition) is 5. The zero-order valence-corrected chi connectivity index (χ0v) is 12.9. The quantitative estimate of drug-likeness (QED) is 0.611. The van der Waals surface area contributed by atoms with E-state index in [2.05, 4.69) is 9.46 Å². The summed E-state index contributed by atoms with van der Waals surface area (Å²) in [5.74, 6) is 0.168. The van der Waals surface area contributed by atoms with Crippen LogP contribution in [0.4, 0.5) is 5.69 Å². The van der Waals surface area contributed by atoms with Gasteiger partial charge in [-0.05, 0) is 42.9 Å². The normalized spacial score (nSPS) is 16.5. The summed E-state index contributed by atoms with van der Waals surface area (Å²) in [5, 5.41) is 0. The molecule has 0 aromatic heterocycles. The molecule has 1 aliphatic carbocycles. The molecular weight excluding hydrogens is 292 g/mol. The Hall–Kier alpha value is -1.60. The molecule has 6 nitrogen and oxygen atoms in total. The number of nitrogens with two attached hydrogens (primary N) is 1. The lowest BCUT2D eigenvalue weighted by molar-refractivity contribution is 0.0596. The second-order valence-electron chi connectivity index (χ2n) is 5.41. The number of anilines is 1. The van der Waals surface area contributed by atoms with Gasteiger partial charge in [-0.3, -0.25) is 0 Å². The molecule has 0 amide bonds. The number of rotatable bonds is 6. The molecule has 0 spiro atoms. The Bertz CT molecular complexity index is 638. The molecule has 7 heteroatoms. The Morgan fingerprint density at radius 3 is 2.71 bits per heavy atom. The number of nitrogens with one attached hydrogen (secondary N) is 1. The van der Waals surface area contributed by atoms with Crippen molar-refractivity contribution in [1.29, 1.82) is 0 Å². The average Bonchev–Trinajstić information content (AvgIpc) is 3.28. The molecular formula is C14H20N2O4S. The maximum absolute atomic E-state index is 12.4. The first-order chi connectivity index (χ1) is 9.85. The zero-order valence-electron chi connectivity index (χ0n) is 12.1. The Labute approximate surface area is 124 Å². The van der Waals surface area contributed by atoms with Crippen LogP contribution in [0.1, 0.15) is 30.1 Å². The minimum absolute atomic E-state index is 0.0155. The van der Waals surface area contributed by atoms with Crippen LogP contribution < -0.4 is 10.5 Å². The second kappa shape index (κ2) is 6.03. The van der Waals surface area contributed by atoms with Crippen molar-refractivity contribution in [2.24, 2.45) is 11.8 Å². The highest BCUT2D eigenvalue weighted by Gasteiger charge is 2.30. The molecule has 0 saturated heterocycles. The van der Waals surface area contributed by atoms with Gasteiger partial charge >= 0.3 is 5.97 Å². The van der Waals surface area contributed by atoms with Gasteiger partial charge in [-0.2, -0.15) is 0 Å². The van der Waals surface area contributed by atoms with Gasteiger partial charge in [0.1, 0.15) is 0 Å². The van der Waals surface area contributed by atoms with Crippen molar-refractivity contribution in [3.63, 3.8) is 0 Å². The van der Waals surface area contributed by atoms with Crippen molar-refractivity contribution in [2.45, 2.75) is 24.7 Å². The number of esters is 1. The number of methoxy groups -OCH3 is 1. The lowest BCUT2D eigenvalue weighted by Crippen LogP contribution is -2.30. The first-order valence-corrected chi connectivity index (χ1v) is 8.31. The summed E-state index contributed by atoms with van der Waals surface area (Å²) < 4.78 is 32.0. The van der Waals surface area contributed by atoms with E-state index in [4.69, 9.17) is 5.73 Å². The molecule has 1 unspecified atom stereocenters. The molecule has 0 radical (unpaired) electrons. The fraction of sp³-hybridized carbons (Fsp3) is 0.500. The number of benzene rings is 1. The SMILES string of the molecule is COC(=O)c1ccc(N)cc1S(=O)(=O)NCC(C)C1CC1. The van der Waals surface area contributed by atoms with Crippen LogP contribution in [0.2, 0.25) is 0 Å². The van der Waals surface area contributed by atoms with E-state index in [-0.39, 0.29) is 22.1 Å². The van der Waals surface area contributed by atoms with Gasteiger partial charge in [0, 0.05) is 12.2 Å². The van der Waals surface area contributed by atoms with Crippen molar-refractivity contribution in [2.75, 3.05) is 19.4 Å². The number of sulfonamides is 1. The first-order valence-electron chi connectivity index (χ1n) is 6.82. The third-order valence-electron chi connectivity index (χ3n) is 3.72. The van der Waals surface area contributed by atoms with Gasteiger partial charge in [-0.15, -0.1) is 0 Å². The third kappa shape index (κ3) is 3.74.